The van der Waals surface area contributed by atoms with Crippen molar-refractivity contribution in [3.63, 3.8) is 0 Å². The molecule has 12 heteroatoms. The van der Waals surface area contributed by atoms with E-state index in [-0.39, 0.29) is 30.3 Å². The predicted octanol–water partition coefficient (Wildman–Crippen LogP) is 3.29. The molecule has 1 aliphatic rings. The van der Waals surface area contributed by atoms with Crippen LogP contribution in [0.3, 0.4) is 0 Å². The highest BCUT2D eigenvalue weighted by molar-refractivity contribution is 6.31. The fourth-order valence-corrected chi connectivity index (χ4v) is 5.03. The summed E-state index contributed by atoms with van der Waals surface area (Å²) in [7, 11) is 0. The molecule has 5 rings (SSSR count). The highest BCUT2D eigenvalue weighted by Gasteiger charge is 2.23. The Balaban J connectivity index is 0.000000368. The van der Waals surface area contributed by atoms with Gasteiger partial charge in [0.05, 0.1) is 34.9 Å². The molecule has 0 amide bonds. The average Bonchev–Trinajstić information content (AvgIpc) is 3.38. The molecule has 1 saturated heterocycles. The molecular formula is C26H30ClN5O6. The van der Waals surface area contributed by atoms with Gasteiger partial charge in [0.15, 0.2) is 0 Å². The summed E-state index contributed by atoms with van der Waals surface area (Å²) >= 11 is 6.05. The molecule has 11 nitrogen and oxygen atoms in total. The third kappa shape index (κ3) is 6.53. The number of H-pyrrole nitrogens is 2. The first-order valence-electron chi connectivity index (χ1n) is 12.5. The highest BCUT2D eigenvalue weighted by Crippen LogP contribution is 2.26. The van der Waals surface area contributed by atoms with Crippen molar-refractivity contribution in [3.8, 4) is 0 Å². The van der Waals surface area contributed by atoms with Crippen LogP contribution in [0, 0.1) is 0 Å². The number of carboxylic acid groups (broad SMARTS) is 2. The van der Waals surface area contributed by atoms with Crippen molar-refractivity contribution < 1.29 is 19.8 Å². The maximum absolute atomic E-state index is 12.5. The molecule has 0 unspecified atom stereocenters. The Labute approximate surface area is 222 Å². The van der Waals surface area contributed by atoms with E-state index in [1.165, 1.54) is 0 Å². The number of aliphatic carboxylic acids is 2. The third-order valence-corrected chi connectivity index (χ3v) is 6.93. The Morgan fingerprint density at radius 2 is 1.53 bits per heavy atom. The summed E-state index contributed by atoms with van der Waals surface area (Å²) < 4.78 is 3.70. The summed E-state index contributed by atoms with van der Waals surface area (Å²) in [5.74, 6) is -2.15. The second-order valence-electron chi connectivity index (χ2n) is 9.27. The summed E-state index contributed by atoms with van der Waals surface area (Å²) in [5, 5.41) is 16.4. The van der Waals surface area contributed by atoms with E-state index in [1.807, 2.05) is 45.5 Å². The summed E-state index contributed by atoms with van der Waals surface area (Å²) in [4.78, 5) is 52.2. The zero-order valence-corrected chi connectivity index (χ0v) is 21.5. The van der Waals surface area contributed by atoms with Gasteiger partial charge in [0.1, 0.15) is 0 Å². The Morgan fingerprint density at radius 1 is 0.868 bits per heavy atom. The fraction of sp³-hybridized carbons (Fsp3) is 0.385. The van der Waals surface area contributed by atoms with Crippen molar-refractivity contribution in [2.24, 2.45) is 0 Å². The van der Waals surface area contributed by atoms with Gasteiger partial charge in [-0.05, 0) is 56.1 Å². The highest BCUT2D eigenvalue weighted by atomic mass is 35.5. The minimum absolute atomic E-state index is 0.0475. The quantitative estimate of drug-likeness (QED) is 0.266. The number of halogens is 1. The standard InChI is InChI=1S/C22H24ClN5O2.C4H6O4/c23-15-6-7-20-18(14-15)25-22(30)28(20)16-8-12-26(13-9-16)10-3-11-27-19-5-2-1-4-17(19)24-21(27)29;5-3(6)1-2-4(7)8/h1-2,4-7,14,16H,3,8-13H2,(H,24,29)(H,25,30);1-2H2,(H,5,6)(H,7,8). The van der Waals surface area contributed by atoms with Crippen LogP contribution in [0.1, 0.15) is 38.1 Å². The zero-order valence-electron chi connectivity index (χ0n) is 20.7. The van der Waals surface area contributed by atoms with E-state index in [9.17, 15) is 19.2 Å². The van der Waals surface area contributed by atoms with E-state index < -0.39 is 11.9 Å². The molecule has 0 saturated carbocycles. The van der Waals surface area contributed by atoms with E-state index in [0.717, 1.165) is 61.0 Å². The van der Waals surface area contributed by atoms with E-state index >= 15 is 0 Å². The van der Waals surface area contributed by atoms with Gasteiger partial charge in [-0.25, -0.2) is 9.59 Å². The molecule has 0 spiro atoms. The van der Waals surface area contributed by atoms with Crippen molar-refractivity contribution in [2.75, 3.05) is 19.6 Å². The zero-order chi connectivity index (χ0) is 27.2. The first-order valence-corrected chi connectivity index (χ1v) is 12.8. The lowest BCUT2D eigenvalue weighted by atomic mass is 10.0. The normalized spacial score (nSPS) is 14.4. The summed E-state index contributed by atoms with van der Waals surface area (Å²) in [6.45, 7) is 3.53. The van der Waals surface area contributed by atoms with Gasteiger partial charge in [0.25, 0.3) is 0 Å². The molecule has 1 aliphatic heterocycles. The molecule has 0 bridgehead atoms. The van der Waals surface area contributed by atoms with Gasteiger partial charge < -0.3 is 25.1 Å². The molecule has 4 aromatic rings. The molecule has 38 heavy (non-hydrogen) atoms. The largest absolute Gasteiger partial charge is 0.481 e. The van der Waals surface area contributed by atoms with Crippen LogP contribution < -0.4 is 11.4 Å². The van der Waals surface area contributed by atoms with Crippen LogP contribution >= 0.6 is 11.6 Å². The first-order chi connectivity index (χ1) is 18.2. The molecule has 1 fully saturated rings. The van der Waals surface area contributed by atoms with Crippen LogP contribution in [0.2, 0.25) is 5.02 Å². The fourth-order valence-electron chi connectivity index (χ4n) is 4.86. The van der Waals surface area contributed by atoms with Gasteiger partial charge in [-0.2, -0.15) is 0 Å². The van der Waals surface area contributed by atoms with Gasteiger partial charge in [-0.15, -0.1) is 0 Å². The maximum atomic E-state index is 12.5. The Bertz CT molecular complexity index is 1530. The first kappa shape index (κ1) is 27.2. The lowest BCUT2D eigenvalue weighted by Crippen LogP contribution is -2.37. The van der Waals surface area contributed by atoms with E-state index in [2.05, 4.69) is 14.9 Å². The lowest BCUT2D eigenvalue weighted by molar-refractivity contribution is -0.143. The molecule has 0 atom stereocenters. The van der Waals surface area contributed by atoms with Crippen molar-refractivity contribution in [1.82, 2.24) is 24.0 Å². The van der Waals surface area contributed by atoms with Gasteiger partial charge >= 0.3 is 23.3 Å². The third-order valence-electron chi connectivity index (χ3n) is 6.69. The van der Waals surface area contributed by atoms with Crippen molar-refractivity contribution in [1.29, 1.82) is 0 Å². The van der Waals surface area contributed by atoms with Crippen LogP contribution in [0.4, 0.5) is 0 Å². The summed E-state index contributed by atoms with van der Waals surface area (Å²) in [6, 6.07) is 13.5. The molecule has 3 heterocycles. The number of aromatic amines is 2. The Hall–Kier alpha value is -3.83. The van der Waals surface area contributed by atoms with E-state index in [0.29, 0.717) is 11.6 Å². The monoisotopic (exact) mass is 543 g/mol. The van der Waals surface area contributed by atoms with Gasteiger partial charge in [0, 0.05) is 30.7 Å². The lowest BCUT2D eigenvalue weighted by Gasteiger charge is -2.32. The molecular weight excluding hydrogens is 514 g/mol. The number of nitrogens with zero attached hydrogens (tertiary/aromatic N) is 3. The molecule has 4 N–H and O–H groups in total. The number of para-hydroxylation sites is 2. The van der Waals surface area contributed by atoms with Crippen LogP contribution in [0.15, 0.2) is 52.1 Å². The summed E-state index contributed by atoms with van der Waals surface area (Å²) in [6.07, 6.45) is 2.19. The van der Waals surface area contributed by atoms with Gasteiger partial charge in [0.2, 0.25) is 0 Å². The SMILES string of the molecule is O=C(O)CCC(=O)O.O=c1[nH]c2ccccc2n1CCCN1CCC(n2c(=O)[nH]c3cc(Cl)ccc32)CC1. The van der Waals surface area contributed by atoms with E-state index in [1.54, 1.807) is 6.07 Å². The average molecular weight is 544 g/mol. The number of fused-ring (bicyclic) bond motifs is 2. The number of benzene rings is 2. The number of hydrogen-bond acceptors (Lipinski definition) is 5. The van der Waals surface area contributed by atoms with Crippen molar-refractivity contribution in [3.05, 3.63) is 68.5 Å². The smallest absolute Gasteiger partial charge is 0.326 e. The predicted molar refractivity (Wildman–Crippen MR) is 144 cm³/mol. The number of aromatic nitrogens is 4. The summed E-state index contributed by atoms with van der Waals surface area (Å²) in [5.41, 5.74) is 3.44. The minimum Gasteiger partial charge on any atom is -0.481 e. The van der Waals surface area contributed by atoms with Crippen LogP contribution in [-0.4, -0.2) is 65.8 Å². The molecule has 2 aromatic carbocycles. The second kappa shape index (κ2) is 12.1. The van der Waals surface area contributed by atoms with Crippen molar-refractivity contribution in [2.45, 2.75) is 44.7 Å². The number of carbonyl (C=O) groups is 2. The number of piperidine rings is 1. The molecule has 0 aliphatic carbocycles. The van der Waals surface area contributed by atoms with E-state index in [4.69, 9.17) is 21.8 Å². The minimum atomic E-state index is -1.08. The molecule has 0 radical (unpaired) electrons. The Morgan fingerprint density at radius 3 is 2.21 bits per heavy atom. The Kier molecular flexibility index (Phi) is 8.70. The number of hydrogen-bond donors (Lipinski definition) is 4. The number of nitrogens with one attached hydrogen (secondary N) is 2. The number of likely N-dealkylation sites (tertiary alicyclic amines) is 1. The number of rotatable bonds is 8. The van der Waals surface area contributed by atoms with Crippen LogP contribution in [-0.2, 0) is 16.1 Å². The molecule has 202 valence electrons. The van der Waals surface area contributed by atoms with Gasteiger partial charge in [-0.1, -0.05) is 23.7 Å². The van der Waals surface area contributed by atoms with Crippen LogP contribution in [0.25, 0.3) is 22.1 Å². The van der Waals surface area contributed by atoms with Crippen molar-refractivity contribution >= 4 is 45.6 Å². The number of imidazole rings is 2. The number of carboxylic acids is 2. The maximum Gasteiger partial charge on any atom is 0.326 e. The topological polar surface area (TPSA) is 153 Å². The second-order valence-corrected chi connectivity index (χ2v) is 9.71. The molecule has 2 aromatic heterocycles. The van der Waals surface area contributed by atoms with Gasteiger partial charge in [-0.3, -0.25) is 18.7 Å². The van der Waals surface area contributed by atoms with Crippen LogP contribution in [0.5, 0.6) is 0 Å². The number of aryl methyl sites for hydroxylation is 1.